The quantitative estimate of drug-likeness (QED) is 0.854. The summed E-state index contributed by atoms with van der Waals surface area (Å²) < 4.78 is 13.2. The van der Waals surface area contributed by atoms with Gasteiger partial charge in [-0.25, -0.2) is 9.37 Å². The lowest BCUT2D eigenvalue weighted by Crippen LogP contribution is -2.21. The first kappa shape index (κ1) is 16.5. The molecule has 118 valence electrons. The van der Waals surface area contributed by atoms with Gasteiger partial charge >= 0.3 is 0 Å². The van der Waals surface area contributed by atoms with E-state index in [-0.39, 0.29) is 5.02 Å². The van der Waals surface area contributed by atoms with Gasteiger partial charge in [0.1, 0.15) is 11.6 Å². The van der Waals surface area contributed by atoms with Crippen molar-refractivity contribution >= 4 is 29.1 Å². The molecule has 1 heterocycles. The normalized spacial score (nSPS) is 10.8. The number of likely N-dealkylation sites (N-methyl/N-ethyl adjacent to an activating group) is 1. The number of nitrogens with one attached hydrogen (secondary N) is 2. The Hall–Kier alpha value is -1.92. The molecular weight excluding hydrogens is 305 g/mol. The fourth-order valence-electron chi connectivity index (χ4n) is 1.82. The molecule has 2 rings (SSSR count). The zero-order valence-corrected chi connectivity index (χ0v) is 13.6. The molecular formula is C15H19ClFN5. The van der Waals surface area contributed by atoms with E-state index in [4.69, 9.17) is 11.6 Å². The summed E-state index contributed by atoms with van der Waals surface area (Å²) in [5.41, 5.74) is 1.50. The predicted molar refractivity (Wildman–Crippen MR) is 88.5 cm³/mol. The average Bonchev–Trinajstić information content (AvgIpc) is 2.42. The van der Waals surface area contributed by atoms with Gasteiger partial charge in [0.2, 0.25) is 5.95 Å². The second kappa shape index (κ2) is 7.38. The maximum absolute atomic E-state index is 13.2. The van der Waals surface area contributed by atoms with Crippen molar-refractivity contribution < 1.29 is 4.39 Å². The Kier molecular flexibility index (Phi) is 5.51. The number of benzene rings is 1. The Morgan fingerprint density at radius 2 is 2.00 bits per heavy atom. The monoisotopic (exact) mass is 323 g/mol. The van der Waals surface area contributed by atoms with Crippen LogP contribution in [0.3, 0.4) is 0 Å². The van der Waals surface area contributed by atoms with Crippen LogP contribution in [0.25, 0.3) is 0 Å². The highest BCUT2D eigenvalue weighted by Gasteiger charge is 2.05. The Morgan fingerprint density at radius 3 is 2.68 bits per heavy atom. The molecule has 0 amide bonds. The fraction of sp³-hybridized carbons (Fsp3) is 0.333. The SMILES string of the molecule is Cc1cc(Nc2ccc(F)c(Cl)c2)nc(NCCN(C)C)n1. The zero-order valence-electron chi connectivity index (χ0n) is 12.8. The third-order valence-corrected chi connectivity index (χ3v) is 3.18. The second-order valence-electron chi connectivity index (χ2n) is 5.20. The van der Waals surface area contributed by atoms with Crippen molar-refractivity contribution in [2.24, 2.45) is 0 Å². The number of aromatic nitrogens is 2. The summed E-state index contributed by atoms with van der Waals surface area (Å²) >= 11 is 5.78. The van der Waals surface area contributed by atoms with Crippen molar-refractivity contribution in [3.8, 4) is 0 Å². The van der Waals surface area contributed by atoms with Gasteiger partial charge in [-0.3, -0.25) is 0 Å². The van der Waals surface area contributed by atoms with E-state index >= 15 is 0 Å². The van der Waals surface area contributed by atoms with Crippen molar-refractivity contribution in [1.29, 1.82) is 0 Å². The van der Waals surface area contributed by atoms with E-state index in [1.54, 1.807) is 6.07 Å². The average molecular weight is 324 g/mol. The topological polar surface area (TPSA) is 53.1 Å². The number of aryl methyl sites for hydroxylation is 1. The lowest BCUT2D eigenvalue weighted by Gasteiger charge is -2.12. The first-order chi connectivity index (χ1) is 10.4. The molecule has 0 saturated carbocycles. The summed E-state index contributed by atoms with van der Waals surface area (Å²) in [4.78, 5) is 10.8. The Balaban J connectivity index is 2.10. The molecule has 2 aromatic rings. The molecule has 0 unspecified atom stereocenters. The van der Waals surface area contributed by atoms with Crippen LogP contribution in [-0.2, 0) is 0 Å². The smallest absolute Gasteiger partial charge is 0.224 e. The van der Waals surface area contributed by atoms with Crippen molar-refractivity contribution in [1.82, 2.24) is 14.9 Å². The number of hydrogen-bond donors (Lipinski definition) is 2. The van der Waals surface area contributed by atoms with Gasteiger partial charge in [-0.2, -0.15) is 4.98 Å². The van der Waals surface area contributed by atoms with Crippen LogP contribution in [0.5, 0.6) is 0 Å². The van der Waals surface area contributed by atoms with Crippen molar-refractivity contribution in [3.63, 3.8) is 0 Å². The molecule has 22 heavy (non-hydrogen) atoms. The summed E-state index contributed by atoms with van der Waals surface area (Å²) in [5.74, 6) is 0.734. The molecule has 2 N–H and O–H groups in total. The standard InChI is InChI=1S/C15H19ClFN5/c1-10-8-14(20-11-4-5-13(17)12(16)9-11)21-15(19-10)18-6-7-22(2)3/h4-5,8-9H,6-7H2,1-3H3,(H2,18,19,20,21). The largest absolute Gasteiger partial charge is 0.353 e. The van der Waals surface area contributed by atoms with E-state index in [0.717, 1.165) is 18.8 Å². The van der Waals surface area contributed by atoms with E-state index in [1.807, 2.05) is 27.1 Å². The Labute approximate surface area is 134 Å². The van der Waals surface area contributed by atoms with Gasteiger partial charge in [-0.05, 0) is 39.2 Å². The van der Waals surface area contributed by atoms with E-state index in [0.29, 0.717) is 17.5 Å². The van der Waals surface area contributed by atoms with Crippen LogP contribution in [0, 0.1) is 12.7 Å². The van der Waals surface area contributed by atoms with Crippen LogP contribution < -0.4 is 10.6 Å². The number of halogens is 2. The molecule has 0 aliphatic heterocycles. The number of rotatable bonds is 6. The molecule has 1 aromatic heterocycles. The highest BCUT2D eigenvalue weighted by Crippen LogP contribution is 2.22. The van der Waals surface area contributed by atoms with E-state index in [1.165, 1.54) is 12.1 Å². The van der Waals surface area contributed by atoms with E-state index in [2.05, 4.69) is 25.5 Å². The molecule has 0 saturated heterocycles. The minimum Gasteiger partial charge on any atom is -0.353 e. The van der Waals surface area contributed by atoms with Gasteiger partial charge in [0, 0.05) is 30.5 Å². The fourth-order valence-corrected chi connectivity index (χ4v) is 2.01. The number of hydrogen-bond acceptors (Lipinski definition) is 5. The van der Waals surface area contributed by atoms with Crippen LogP contribution in [0.15, 0.2) is 24.3 Å². The molecule has 7 heteroatoms. The first-order valence-corrected chi connectivity index (χ1v) is 7.28. The molecule has 0 radical (unpaired) electrons. The van der Waals surface area contributed by atoms with Crippen LogP contribution in [-0.4, -0.2) is 42.1 Å². The van der Waals surface area contributed by atoms with Crippen LogP contribution in [0.4, 0.5) is 21.8 Å². The molecule has 0 spiro atoms. The zero-order chi connectivity index (χ0) is 16.1. The van der Waals surface area contributed by atoms with Gasteiger partial charge in [-0.15, -0.1) is 0 Å². The van der Waals surface area contributed by atoms with Gasteiger partial charge in [0.25, 0.3) is 0 Å². The second-order valence-corrected chi connectivity index (χ2v) is 5.61. The van der Waals surface area contributed by atoms with Crippen LogP contribution in [0.2, 0.25) is 5.02 Å². The maximum atomic E-state index is 13.2. The van der Waals surface area contributed by atoms with Crippen LogP contribution >= 0.6 is 11.6 Å². The third kappa shape index (κ3) is 4.82. The highest BCUT2D eigenvalue weighted by atomic mass is 35.5. The third-order valence-electron chi connectivity index (χ3n) is 2.89. The van der Waals surface area contributed by atoms with E-state index < -0.39 is 5.82 Å². The maximum Gasteiger partial charge on any atom is 0.224 e. The minimum atomic E-state index is -0.447. The van der Waals surface area contributed by atoms with Gasteiger partial charge in [0.15, 0.2) is 0 Å². The molecule has 5 nitrogen and oxygen atoms in total. The highest BCUT2D eigenvalue weighted by molar-refractivity contribution is 6.31. The van der Waals surface area contributed by atoms with Gasteiger partial charge in [-0.1, -0.05) is 11.6 Å². The van der Waals surface area contributed by atoms with Crippen LogP contribution in [0.1, 0.15) is 5.69 Å². The minimum absolute atomic E-state index is 0.0695. The lowest BCUT2D eigenvalue weighted by molar-refractivity contribution is 0.425. The summed E-state index contributed by atoms with van der Waals surface area (Å²) in [6.07, 6.45) is 0. The first-order valence-electron chi connectivity index (χ1n) is 6.90. The Morgan fingerprint density at radius 1 is 1.23 bits per heavy atom. The number of nitrogens with zero attached hydrogens (tertiary/aromatic N) is 3. The van der Waals surface area contributed by atoms with Gasteiger partial charge in [0.05, 0.1) is 5.02 Å². The molecule has 0 atom stereocenters. The van der Waals surface area contributed by atoms with Gasteiger partial charge < -0.3 is 15.5 Å². The Bertz CT molecular complexity index is 648. The molecule has 0 aliphatic rings. The predicted octanol–water partition coefficient (Wildman–Crippen LogP) is 3.29. The molecule has 0 aliphatic carbocycles. The molecule has 0 fully saturated rings. The molecule has 1 aromatic carbocycles. The van der Waals surface area contributed by atoms with Crippen molar-refractivity contribution in [3.05, 3.63) is 40.8 Å². The summed E-state index contributed by atoms with van der Waals surface area (Å²) in [7, 11) is 4.01. The summed E-state index contributed by atoms with van der Waals surface area (Å²) in [6.45, 7) is 3.52. The van der Waals surface area contributed by atoms with Crippen molar-refractivity contribution in [2.75, 3.05) is 37.8 Å². The molecule has 0 bridgehead atoms. The summed E-state index contributed by atoms with van der Waals surface area (Å²) in [5, 5.41) is 6.34. The number of anilines is 3. The van der Waals surface area contributed by atoms with Crippen molar-refractivity contribution in [2.45, 2.75) is 6.92 Å². The summed E-state index contributed by atoms with van der Waals surface area (Å²) in [6, 6.07) is 6.26. The lowest BCUT2D eigenvalue weighted by atomic mass is 10.3. The van der Waals surface area contributed by atoms with E-state index in [9.17, 15) is 4.39 Å².